The number of benzene rings is 2. The molecule has 0 radical (unpaired) electrons. The van der Waals surface area contributed by atoms with E-state index in [1.54, 1.807) is 24.9 Å². The fourth-order valence-electron chi connectivity index (χ4n) is 3.44. The van der Waals surface area contributed by atoms with Crippen LogP contribution in [0.1, 0.15) is 18.9 Å². The summed E-state index contributed by atoms with van der Waals surface area (Å²) >= 11 is 2.67. The molecule has 0 saturated heterocycles. The number of thiophene rings is 1. The van der Waals surface area contributed by atoms with Crippen molar-refractivity contribution in [3.05, 3.63) is 75.9 Å². The monoisotopic (exact) mass is 495 g/mol. The van der Waals surface area contributed by atoms with Crippen molar-refractivity contribution in [3.63, 3.8) is 0 Å². The quantitative estimate of drug-likeness (QED) is 0.259. The van der Waals surface area contributed by atoms with Gasteiger partial charge in [0.2, 0.25) is 5.91 Å². The smallest absolute Gasteiger partial charge is 0.272 e. The second-order valence-corrected chi connectivity index (χ2v) is 9.59. The molecule has 0 fully saturated rings. The van der Waals surface area contributed by atoms with Gasteiger partial charge in [0, 0.05) is 11.8 Å². The van der Waals surface area contributed by atoms with E-state index in [-0.39, 0.29) is 11.5 Å². The molecule has 2 aromatic heterocycles. The number of hydrogen-bond donors (Lipinski definition) is 1. The number of hydrogen-bond acceptors (Lipinski definition) is 7. The summed E-state index contributed by atoms with van der Waals surface area (Å²) in [6.45, 7) is 2.29. The van der Waals surface area contributed by atoms with Crippen molar-refractivity contribution in [1.29, 1.82) is 0 Å². The van der Waals surface area contributed by atoms with Crippen molar-refractivity contribution >= 4 is 44.9 Å². The minimum Gasteiger partial charge on any atom is -0.497 e. The van der Waals surface area contributed by atoms with Crippen LogP contribution in [0.15, 0.2) is 69.9 Å². The Kier molecular flexibility index (Phi) is 7.54. The van der Waals surface area contributed by atoms with Gasteiger partial charge in [-0.05, 0) is 47.7 Å². The van der Waals surface area contributed by atoms with Gasteiger partial charge in [-0.2, -0.15) is 0 Å². The molecule has 2 aromatic carbocycles. The topological polar surface area (TPSA) is 82.5 Å². The van der Waals surface area contributed by atoms with Crippen molar-refractivity contribution in [3.8, 4) is 11.5 Å². The van der Waals surface area contributed by atoms with E-state index >= 15 is 0 Å². The number of amides is 1. The minimum atomic E-state index is -0.434. The van der Waals surface area contributed by atoms with Gasteiger partial charge in [0.25, 0.3) is 5.56 Å². The first-order valence-corrected chi connectivity index (χ1v) is 12.5. The number of thioether (sulfide) groups is 1. The number of aromatic nitrogens is 2. The van der Waals surface area contributed by atoms with Crippen LogP contribution in [0.5, 0.6) is 11.5 Å². The lowest BCUT2D eigenvalue weighted by Gasteiger charge is -2.18. The van der Waals surface area contributed by atoms with Crippen molar-refractivity contribution in [2.75, 3.05) is 19.5 Å². The second-order valence-electron chi connectivity index (χ2n) is 7.50. The zero-order chi connectivity index (χ0) is 24.1. The summed E-state index contributed by atoms with van der Waals surface area (Å²) in [7, 11) is 3.20. The molecule has 4 aromatic rings. The van der Waals surface area contributed by atoms with Gasteiger partial charge in [0.1, 0.15) is 16.2 Å². The molecule has 0 aliphatic heterocycles. The zero-order valence-corrected chi connectivity index (χ0v) is 20.7. The molecule has 0 bridgehead atoms. The number of carbonyl (C=O) groups is 1. The number of fused-ring (bicyclic) bond motifs is 1. The normalized spacial score (nSPS) is 11.9. The number of nitrogens with one attached hydrogen (secondary N) is 1. The molecular weight excluding hydrogens is 470 g/mol. The standard InChI is InChI=1S/C25H25N3O4S2/c1-4-21(23(29)26-17-6-5-7-19(14-17)32-3)34-25-27-20-12-13-33-22(20)24(30)28(25)15-16-8-10-18(31-2)11-9-16/h5-14,21H,4,15H2,1-3H3,(H,26,29)/t21-/m0/s1. The molecule has 2 heterocycles. The van der Waals surface area contributed by atoms with Crippen LogP contribution in [0.2, 0.25) is 0 Å². The molecule has 0 aliphatic carbocycles. The van der Waals surface area contributed by atoms with Gasteiger partial charge in [0.15, 0.2) is 5.16 Å². The maximum Gasteiger partial charge on any atom is 0.272 e. The number of anilines is 1. The Morgan fingerprint density at radius 3 is 2.59 bits per heavy atom. The molecule has 34 heavy (non-hydrogen) atoms. The van der Waals surface area contributed by atoms with Gasteiger partial charge in [-0.3, -0.25) is 14.2 Å². The molecule has 1 atom stereocenters. The first-order valence-electron chi connectivity index (χ1n) is 10.7. The Morgan fingerprint density at radius 2 is 1.88 bits per heavy atom. The summed E-state index contributed by atoms with van der Waals surface area (Å²) in [6, 6.07) is 16.6. The van der Waals surface area contributed by atoms with E-state index < -0.39 is 5.25 Å². The van der Waals surface area contributed by atoms with Gasteiger partial charge >= 0.3 is 0 Å². The highest BCUT2D eigenvalue weighted by molar-refractivity contribution is 8.00. The molecule has 176 valence electrons. The fraction of sp³-hybridized carbons (Fsp3) is 0.240. The molecule has 1 N–H and O–H groups in total. The van der Waals surface area contributed by atoms with Crippen LogP contribution in [0, 0.1) is 0 Å². The van der Waals surface area contributed by atoms with E-state index in [0.29, 0.717) is 39.8 Å². The molecule has 0 spiro atoms. The molecule has 0 saturated carbocycles. The lowest BCUT2D eigenvalue weighted by Crippen LogP contribution is -2.28. The molecule has 9 heteroatoms. The SMILES string of the molecule is CC[C@H](Sc1nc2ccsc2c(=O)n1Cc1ccc(OC)cc1)C(=O)Nc1cccc(OC)c1. The lowest BCUT2D eigenvalue weighted by molar-refractivity contribution is -0.115. The highest BCUT2D eigenvalue weighted by Crippen LogP contribution is 2.28. The van der Waals surface area contributed by atoms with Gasteiger partial charge in [-0.1, -0.05) is 36.9 Å². The van der Waals surface area contributed by atoms with Crippen LogP contribution >= 0.6 is 23.1 Å². The third kappa shape index (κ3) is 5.26. The first-order chi connectivity index (χ1) is 16.5. The van der Waals surface area contributed by atoms with Crippen LogP contribution in [0.4, 0.5) is 5.69 Å². The number of nitrogens with zero attached hydrogens (tertiary/aromatic N) is 2. The van der Waals surface area contributed by atoms with Gasteiger partial charge in [-0.15, -0.1) is 11.3 Å². The first kappa shape index (κ1) is 23.8. The van der Waals surface area contributed by atoms with Gasteiger partial charge < -0.3 is 14.8 Å². The van der Waals surface area contributed by atoms with E-state index in [2.05, 4.69) is 5.32 Å². The molecule has 4 rings (SSSR count). The molecule has 7 nitrogen and oxygen atoms in total. The van der Waals surface area contributed by atoms with Crippen LogP contribution in [0.25, 0.3) is 10.2 Å². The van der Waals surface area contributed by atoms with Crippen molar-refractivity contribution in [2.24, 2.45) is 0 Å². The molecule has 0 unspecified atom stereocenters. The fourth-order valence-corrected chi connectivity index (χ4v) is 5.23. The summed E-state index contributed by atoms with van der Waals surface area (Å²) in [4.78, 5) is 31.1. The Balaban J connectivity index is 1.63. The number of methoxy groups -OCH3 is 2. The summed E-state index contributed by atoms with van der Waals surface area (Å²) in [5.41, 5.74) is 2.13. The summed E-state index contributed by atoms with van der Waals surface area (Å²) in [6.07, 6.45) is 0.570. The molecule has 0 aliphatic rings. The highest BCUT2D eigenvalue weighted by Gasteiger charge is 2.23. The van der Waals surface area contributed by atoms with E-state index in [1.165, 1.54) is 23.1 Å². The maximum absolute atomic E-state index is 13.3. The predicted molar refractivity (Wildman–Crippen MR) is 138 cm³/mol. The highest BCUT2D eigenvalue weighted by atomic mass is 32.2. The molecular formula is C25H25N3O4S2. The van der Waals surface area contributed by atoms with Crippen LogP contribution in [-0.2, 0) is 11.3 Å². The summed E-state index contributed by atoms with van der Waals surface area (Å²) in [5, 5.41) is 4.89. The van der Waals surface area contributed by atoms with Gasteiger partial charge in [-0.25, -0.2) is 4.98 Å². The Bertz CT molecular complexity index is 1350. The van der Waals surface area contributed by atoms with E-state index in [4.69, 9.17) is 14.5 Å². The van der Waals surface area contributed by atoms with E-state index in [9.17, 15) is 9.59 Å². The van der Waals surface area contributed by atoms with E-state index in [1.807, 2.05) is 60.8 Å². The zero-order valence-electron chi connectivity index (χ0n) is 19.1. The third-order valence-corrected chi connectivity index (χ3v) is 7.52. The number of rotatable bonds is 9. The third-order valence-electron chi connectivity index (χ3n) is 5.28. The minimum absolute atomic E-state index is 0.110. The van der Waals surface area contributed by atoms with Crippen molar-refractivity contribution < 1.29 is 14.3 Å². The average molecular weight is 496 g/mol. The Labute approximate surface area is 205 Å². The largest absolute Gasteiger partial charge is 0.497 e. The van der Waals surface area contributed by atoms with Crippen LogP contribution < -0.4 is 20.3 Å². The summed E-state index contributed by atoms with van der Waals surface area (Å²) < 4.78 is 12.7. The summed E-state index contributed by atoms with van der Waals surface area (Å²) in [5.74, 6) is 1.26. The van der Waals surface area contributed by atoms with Crippen LogP contribution in [0.3, 0.4) is 0 Å². The Morgan fingerprint density at radius 1 is 1.12 bits per heavy atom. The number of carbonyl (C=O) groups excluding carboxylic acids is 1. The van der Waals surface area contributed by atoms with E-state index in [0.717, 1.165) is 11.3 Å². The van der Waals surface area contributed by atoms with Crippen molar-refractivity contribution in [2.45, 2.75) is 30.3 Å². The average Bonchev–Trinajstić information content (AvgIpc) is 3.34. The molecule has 1 amide bonds. The van der Waals surface area contributed by atoms with Crippen LogP contribution in [-0.4, -0.2) is 34.9 Å². The maximum atomic E-state index is 13.3. The van der Waals surface area contributed by atoms with Crippen molar-refractivity contribution in [1.82, 2.24) is 9.55 Å². The second kappa shape index (κ2) is 10.8. The predicted octanol–water partition coefficient (Wildman–Crippen LogP) is 5.03. The number of ether oxygens (including phenoxy) is 2. The van der Waals surface area contributed by atoms with Gasteiger partial charge in [0.05, 0.1) is 31.5 Å². The lowest BCUT2D eigenvalue weighted by atomic mass is 10.2. The Hall–Kier alpha value is -3.30.